The van der Waals surface area contributed by atoms with Gasteiger partial charge in [-0.2, -0.15) is 0 Å². The summed E-state index contributed by atoms with van der Waals surface area (Å²) in [6.45, 7) is 2.00. The van der Waals surface area contributed by atoms with Gasteiger partial charge in [-0.25, -0.2) is 14.6 Å². The smallest absolute Gasteiger partial charge is 0.269 e. The molecule has 2 saturated carbocycles. The second-order valence-electron chi connectivity index (χ2n) is 9.41. The van der Waals surface area contributed by atoms with E-state index in [-0.39, 0.29) is 30.2 Å². The molecule has 6 atom stereocenters. The van der Waals surface area contributed by atoms with Crippen LogP contribution < -0.4 is 5.32 Å². The van der Waals surface area contributed by atoms with Crippen molar-refractivity contribution in [3.05, 3.63) is 39.9 Å². The van der Waals surface area contributed by atoms with Crippen LogP contribution in [0.5, 0.6) is 0 Å². The van der Waals surface area contributed by atoms with Crippen molar-refractivity contribution < 1.29 is 20.2 Å². The SMILES string of the molecule is CCCSc1nc(NC2CC2c2cccc([N+](=O)[O-])c2)c2nnn([C@@H]3C[C@H](CCO)[C@@H](O)[C@H]3O)c2n1. The fourth-order valence-electron chi connectivity index (χ4n) is 4.95. The Morgan fingerprint density at radius 3 is 2.83 bits per heavy atom. The number of fused-ring (bicyclic) bond motifs is 1. The van der Waals surface area contributed by atoms with E-state index < -0.39 is 23.2 Å². The summed E-state index contributed by atoms with van der Waals surface area (Å²) in [7, 11) is 0. The number of benzene rings is 1. The monoisotopic (exact) mass is 515 g/mol. The van der Waals surface area contributed by atoms with E-state index in [2.05, 4.69) is 32.5 Å². The summed E-state index contributed by atoms with van der Waals surface area (Å²) in [5.74, 6) is 1.23. The first kappa shape index (κ1) is 24.8. The van der Waals surface area contributed by atoms with Gasteiger partial charge in [0.1, 0.15) is 6.10 Å². The standard InChI is InChI=1S/C23H29N7O5S/c1-2-8-36-23-25-21(24-16-11-15(16)12-4-3-5-14(9-12)30(34)35)18-22(26-23)29(28-27-18)17-10-13(6-7-31)19(32)20(17)33/h3-5,9,13,15-17,19-20,31-33H,2,6-8,10-11H2,1H3,(H,24,25,26)/t13-,15?,16?,17+,19+,20-/m0/s1. The maximum absolute atomic E-state index is 11.2. The van der Waals surface area contributed by atoms with Gasteiger partial charge >= 0.3 is 0 Å². The van der Waals surface area contributed by atoms with E-state index >= 15 is 0 Å². The molecule has 2 heterocycles. The van der Waals surface area contributed by atoms with Crippen LogP contribution in [0.4, 0.5) is 11.5 Å². The Kier molecular flexibility index (Phi) is 7.06. The average Bonchev–Trinajstić information content (AvgIpc) is 3.43. The molecule has 0 aliphatic heterocycles. The summed E-state index contributed by atoms with van der Waals surface area (Å²) in [6, 6.07) is 6.19. The number of aliphatic hydroxyl groups is 3. The third kappa shape index (κ3) is 4.75. The first-order chi connectivity index (χ1) is 17.4. The van der Waals surface area contributed by atoms with Crippen molar-refractivity contribution >= 4 is 34.4 Å². The Balaban J connectivity index is 1.44. The van der Waals surface area contributed by atoms with E-state index in [9.17, 15) is 25.4 Å². The van der Waals surface area contributed by atoms with Crippen LogP contribution in [-0.2, 0) is 0 Å². The van der Waals surface area contributed by atoms with Gasteiger partial charge in [-0.1, -0.05) is 36.0 Å². The van der Waals surface area contributed by atoms with E-state index in [1.165, 1.54) is 17.8 Å². The van der Waals surface area contributed by atoms with E-state index in [1.807, 2.05) is 6.07 Å². The Hall–Kier alpha value is -2.87. The fourth-order valence-corrected chi connectivity index (χ4v) is 5.65. The summed E-state index contributed by atoms with van der Waals surface area (Å²) < 4.78 is 1.56. The van der Waals surface area contributed by atoms with Crippen LogP contribution in [0.3, 0.4) is 0 Å². The van der Waals surface area contributed by atoms with Crippen LogP contribution in [0.25, 0.3) is 11.2 Å². The molecule has 2 aromatic heterocycles. The second kappa shape index (κ2) is 10.2. The van der Waals surface area contributed by atoms with Crippen LogP contribution in [0, 0.1) is 16.0 Å². The zero-order valence-electron chi connectivity index (χ0n) is 19.8. The van der Waals surface area contributed by atoms with Gasteiger partial charge in [-0.05, 0) is 37.2 Å². The van der Waals surface area contributed by atoms with Crippen molar-refractivity contribution in [2.45, 2.75) is 68.0 Å². The van der Waals surface area contributed by atoms with E-state index in [0.29, 0.717) is 35.0 Å². The molecule has 0 radical (unpaired) electrons. The van der Waals surface area contributed by atoms with Gasteiger partial charge in [0.05, 0.1) is 17.1 Å². The molecule has 4 N–H and O–H groups in total. The molecule has 0 bridgehead atoms. The van der Waals surface area contributed by atoms with Crippen molar-refractivity contribution in [2.24, 2.45) is 5.92 Å². The molecule has 0 amide bonds. The molecule has 13 heteroatoms. The molecular weight excluding hydrogens is 486 g/mol. The number of hydrogen-bond acceptors (Lipinski definition) is 11. The Morgan fingerprint density at radius 2 is 2.08 bits per heavy atom. The quantitative estimate of drug-likeness (QED) is 0.135. The van der Waals surface area contributed by atoms with Crippen LogP contribution in [0.2, 0.25) is 0 Å². The number of thioether (sulfide) groups is 1. The van der Waals surface area contributed by atoms with Crippen molar-refractivity contribution in [3.8, 4) is 0 Å². The van der Waals surface area contributed by atoms with Crippen LogP contribution in [0.1, 0.15) is 50.1 Å². The lowest BCUT2D eigenvalue weighted by Gasteiger charge is -2.17. The van der Waals surface area contributed by atoms with Crippen molar-refractivity contribution in [1.82, 2.24) is 25.0 Å². The van der Waals surface area contributed by atoms with Crippen molar-refractivity contribution in [3.63, 3.8) is 0 Å². The number of aromatic nitrogens is 5. The molecule has 0 saturated heterocycles. The number of anilines is 1. The van der Waals surface area contributed by atoms with Gasteiger partial charge in [0.2, 0.25) is 0 Å². The third-order valence-electron chi connectivity index (χ3n) is 6.95. The molecule has 2 fully saturated rings. The number of hydrogen-bond donors (Lipinski definition) is 4. The first-order valence-electron chi connectivity index (χ1n) is 12.1. The molecule has 3 aromatic rings. The highest BCUT2D eigenvalue weighted by Gasteiger charge is 2.44. The van der Waals surface area contributed by atoms with E-state index in [1.54, 1.807) is 16.8 Å². The lowest BCUT2D eigenvalue weighted by atomic mass is 10.0. The van der Waals surface area contributed by atoms with Gasteiger partial charge in [0, 0.05) is 36.5 Å². The Labute approximate surface area is 211 Å². The van der Waals surface area contributed by atoms with Gasteiger partial charge < -0.3 is 20.6 Å². The molecule has 1 aromatic carbocycles. The van der Waals surface area contributed by atoms with Gasteiger partial charge in [-0.3, -0.25) is 10.1 Å². The largest absolute Gasteiger partial charge is 0.396 e. The number of aliphatic hydroxyl groups excluding tert-OH is 3. The molecule has 12 nitrogen and oxygen atoms in total. The maximum atomic E-state index is 11.2. The summed E-state index contributed by atoms with van der Waals surface area (Å²) >= 11 is 1.51. The molecule has 2 unspecified atom stereocenters. The van der Waals surface area contributed by atoms with Crippen LogP contribution in [0.15, 0.2) is 29.4 Å². The number of nitrogens with zero attached hydrogens (tertiary/aromatic N) is 6. The van der Waals surface area contributed by atoms with Crippen LogP contribution in [-0.4, -0.2) is 75.8 Å². The molecule has 192 valence electrons. The lowest BCUT2D eigenvalue weighted by molar-refractivity contribution is -0.384. The zero-order chi connectivity index (χ0) is 25.4. The summed E-state index contributed by atoms with van der Waals surface area (Å²) in [6.07, 6.45) is 0.572. The predicted octanol–water partition coefficient (Wildman–Crippen LogP) is 2.26. The highest BCUT2D eigenvalue weighted by atomic mass is 32.2. The topological polar surface area (TPSA) is 172 Å². The van der Waals surface area contributed by atoms with Crippen molar-refractivity contribution in [2.75, 3.05) is 17.7 Å². The summed E-state index contributed by atoms with van der Waals surface area (Å²) in [5.41, 5.74) is 1.90. The molecule has 36 heavy (non-hydrogen) atoms. The number of nitro groups is 1. The highest BCUT2D eigenvalue weighted by Crippen LogP contribution is 2.44. The zero-order valence-corrected chi connectivity index (χ0v) is 20.6. The maximum Gasteiger partial charge on any atom is 0.269 e. The third-order valence-corrected chi connectivity index (χ3v) is 8.00. The number of nitro benzene ring substituents is 1. The summed E-state index contributed by atoms with van der Waals surface area (Å²) in [4.78, 5) is 20.1. The van der Waals surface area contributed by atoms with Gasteiger partial charge in [-0.15, -0.1) is 5.10 Å². The molecule has 5 rings (SSSR count). The van der Waals surface area contributed by atoms with E-state index in [4.69, 9.17) is 0 Å². The van der Waals surface area contributed by atoms with Crippen LogP contribution >= 0.6 is 11.8 Å². The molecule has 2 aliphatic carbocycles. The summed E-state index contributed by atoms with van der Waals surface area (Å²) in [5, 5.41) is 54.2. The highest BCUT2D eigenvalue weighted by molar-refractivity contribution is 7.99. The number of rotatable bonds is 10. The molecule has 2 aliphatic rings. The number of non-ortho nitro benzene ring substituents is 1. The normalized spacial score (nSPS) is 27.4. The van der Waals surface area contributed by atoms with Crippen molar-refractivity contribution in [1.29, 1.82) is 0 Å². The second-order valence-corrected chi connectivity index (χ2v) is 10.5. The molecule has 0 spiro atoms. The number of nitrogens with one attached hydrogen (secondary N) is 1. The minimum Gasteiger partial charge on any atom is -0.396 e. The molecular formula is C23H29N7O5S. The first-order valence-corrected chi connectivity index (χ1v) is 13.1. The van der Waals surface area contributed by atoms with E-state index in [0.717, 1.165) is 24.2 Å². The minimum atomic E-state index is -1.05. The lowest BCUT2D eigenvalue weighted by Crippen LogP contribution is -2.30. The van der Waals surface area contributed by atoms with Gasteiger partial charge in [0.25, 0.3) is 5.69 Å². The fraction of sp³-hybridized carbons (Fsp3) is 0.565. The average molecular weight is 516 g/mol. The Morgan fingerprint density at radius 1 is 1.25 bits per heavy atom. The minimum absolute atomic E-state index is 0.0344. The van der Waals surface area contributed by atoms with Gasteiger partial charge in [0.15, 0.2) is 22.1 Å². The predicted molar refractivity (Wildman–Crippen MR) is 133 cm³/mol. The Bertz CT molecular complexity index is 1260.